The third kappa shape index (κ3) is 4.86. The van der Waals surface area contributed by atoms with Gasteiger partial charge in [-0.1, -0.05) is 35.3 Å². The van der Waals surface area contributed by atoms with E-state index in [-0.39, 0.29) is 5.91 Å². The molecule has 0 radical (unpaired) electrons. The largest absolute Gasteiger partial charge is 0.370 e. The molecule has 0 spiro atoms. The lowest BCUT2D eigenvalue weighted by Crippen LogP contribution is -2.12. The van der Waals surface area contributed by atoms with Gasteiger partial charge >= 0.3 is 0 Å². The average molecular weight is 348 g/mol. The first-order chi connectivity index (χ1) is 10.2. The molecule has 21 heavy (non-hydrogen) atoms. The van der Waals surface area contributed by atoms with Crippen LogP contribution < -0.4 is 10.6 Å². The number of amides is 1. The van der Waals surface area contributed by atoms with E-state index in [2.05, 4.69) is 38.5 Å². The zero-order valence-electron chi connectivity index (χ0n) is 11.9. The molecule has 0 bridgehead atoms. The Bertz CT molecular complexity index is 599. The summed E-state index contributed by atoms with van der Waals surface area (Å²) < 4.78 is 0.878. The summed E-state index contributed by atoms with van der Waals surface area (Å²) in [5, 5.41) is 6.07. The minimum atomic E-state index is -0.148. The van der Waals surface area contributed by atoms with Crippen LogP contribution in [0, 0.1) is 0 Å². The van der Waals surface area contributed by atoms with Crippen LogP contribution in [0.4, 0.5) is 11.5 Å². The molecule has 110 valence electrons. The first-order valence-electron chi connectivity index (χ1n) is 6.96. The lowest BCUT2D eigenvalue weighted by Gasteiger charge is -2.07. The molecule has 1 aromatic heterocycles. The molecule has 0 saturated heterocycles. The second-order valence-electron chi connectivity index (χ2n) is 4.68. The maximum atomic E-state index is 12.1. The molecule has 2 N–H and O–H groups in total. The highest BCUT2D eigenvalue weighted by atomic mass is 79.9. The van der Waals surface area contributed by atoms with E-state index in [1.807, 2.05) is 24.3 Å². The minimum Gasteiger partial charge on any atom is -0.370 e. The molecule has 1 amide bonds. The predicted octanol–water partition coefficient (Wildman–Crippen LogP) is 4.31. The number of unbranched alkanes of at least 4 members (excludes halogenated alkanes) is 1. The first kappa shape index (κ1) is 15.5. The van der Waals surface area contributed by atoms with Crippen molar-refractivity contribution in [3.05, 3.63) is 52.6 Å². The summed E-state index contributed by atoms with van der Waals surface area (Å²) in [5.41, 5.74) is 1.29. The van der Waals surface area contributed by atoms with Crippen molar-refractivity contribution >= 4 is 33.3 Å². The third-order valence-corrected chi connectivity index (χ3v) is 3.44. The van der Waals surface area contributed by atoms with Gasteiger partial charge in [-0.3, -0.25) is 4.79 Å². The standard InChI is InChI=1S/C16H18BrN3O/c1-2-3-9-18-15-8-7-14(11-19-15)20-16(21)12-5-4-6-13(17)10-12/h4-8,10-11H,2-3,9H2,1H3,(H,18,19)(H,20,21). The smallest absolute Gasteiger partial charge is 0.255 e. The number of pyridine rings is 1. The van der Waals surface area contributed by atoms with Gasteiger partial charge in [-0.05, 0) is 36.8 Å². The van der Waals surface area contributed by atoms with Gasteiger partial charge in [-0.25, -0.2) is 4.98 Å². The number of anilines is 2. The number of carbonyl (C=O) groups is 1. The lowest BCUT2D eigenvalue weighted by molar-refractivity contribution is 0.102. The van der Waals surface area contributed by atoms with Crippen molar-refractivity contribution in [2.45, 2.75) is 19.8 Å². The number of hydrogen-bond acceptors (Lipinski definition) is 3. The molecule has 1 aromatic carbocycles. The van der Waals surface area contributed by atoms with E-state index < -0.39 is 0 Å². The highest BCUT2D eigenvalue weighted by Gasteiger charge is 2.06. The second-order valence-corrected chi connectivity index (χ2v) is 5.59. The molecule has 2 aromatic rings. The van der Waals surface area contributed by atoms with Gasteiger partial charge in [-0.2, -0.15) is 0 Å². The number of hydrogen-bond donors (Lipinski definition) is 2. The van der Waals surface area contributed by atoms with Crippen LogP contribution >= 0.6 is 15.9 Å². The van der Waals surface area contributed by atoms with E-state index >= 15 is 0 Å². The number of halogens is 1. The van der Waals surface area contributed by atoms with Crippen LogP contribution in [0.5, 0.6) is 0 Å². The van der Waals surface area contributed by atoms with Crippen molar-refractivity contribution in [1.82, 2.24) is 4.98 Å². The zero-order valence-corrected chi connectivity index (χ0v) is 13.5. The van der Waals surface area contributed by atoms with Gasteiger partial charge in [0.05, 0.1) is 11.9 Å². The molecule has 0 fully saturated rings. The SMILES string of the molecule is CCCCNc1ccc(NC(=O)c2cccc(Br)c2)cn1. The number of nitrogens with zero attached hydrogens (tertiary/aromatic N) is 1. The zero-order chi connectivity index (χ0) is 15.1. The summed E-state index contributed by atoms with van der Waals surface area (Å²) in [4.78, 5) is 16.4. The number of rotatable bonds is 6. The first-order valence-corrected chi connectivity index (χ1v) is 7.75. The number of nitrogens with one attached hydrogen (secondary N) is 2. The fourth-order valence-corrected chi connectivity index (χ4v) is 2.20. The Morgan fingerprint density at radius 1 is 1.29 bits per heavy atom. The van der Waals surface area contributed by atoms with Crippen molar-refractivity contribution in [1.29, 1.82) is 0 Å². The van der Waals surface area contributed by atoms with Crippen LogP contribution in [0.15, 0.2) is 47.1 Å². The number of aromatic nitrogens is 1. The van der Waals surface area contributed by atoms with Crippen molar-refractivity contribution in [3.8, 4) is 0 Å². The maximum Gasteiger partial charge on any atom is 0.255 e. The van der Waals surface area contributed by atoms with Crippen molar-refractivity contribution < 1.29 is 4.79 Å². The summed E-state index contributed by atoms with van der Waals surface area (Å²) in [6, 6.07) is 11.0. The molecule has 1 heterocycles. The highest BCUT2D eigenvalue weighted by molar-refractivity contribution is 9.10. The monoisotopic (exact) mass is 347 g/mol. The fraction of sp³-hybridized carbons (Fsp3) is 0.250. The Morgan fingerprint density at radius 3 is 2.81 bits per heavy atom. The maximum absolute atomic E-state index is 12.1. The molecule has 0 aliphatic heterocycles. The molecule has 0 aliphatic carbocycles. The van der Waals surface area contributed by atoms with E-state index in [0.717, 1.165) is 29.7 Å². The average Bonchev–Trinajstić information content (AvgIpc) is 2.49. The van der Waals surface area contributed by atoms with Crippen LogP contribution in [-0.4, -0.2) is 17.4 Å². The van der Waals surface area contributed by atoms with Crippen LogP contribution in [0.2, 0.25) is 0 Å². The van der Waals surface area contributed by atoms with E-state index in [4.69, 9.17) is 0 Å². The quantitative estimate of drug-likeness (QED) is 0.765. The van der Waals surface area contributed by atoms with Gasteiger partial charge in [0.25, 0.3) is 5.91 Å². The Balaban J connectivity index is 1.95. The molecule has 0 unspecified atom stereocenters. The Hall–Kier alpha value is -1.88. The fourth-order valence-electron chi connectivity index (χ4n) is 1.80. The molecule has 0 atom stereocenters. The molecule has 5 heteroatoms. The van der Waals surface area contributed by atoms with Crippen LogP contribution in [0.25, 0.3) is 0 Å². The summed E-state index contributed by atoms with van der Waals surface area (Å²) in [6.07, 6.45) is 3.92. The molecule has 4 nitrogen and oxygen atoms in total. The Labute approximate surface area is 133 Å². The Morgan fingerprint density at radius 2 is 2.14 bits per heavy atom. The molecule has 0 aliphatic rings. The van der Waals surface area contributed by atoms with Gasteiger partial charge in [0.2, 0.25) is 0 Å². The van der Waals surface area contributed by atoms with Crippen LogP contribution in [0.3, 0.4) is 0 Å². The van der Waals surface area contributed by atoms with E-state index in [0.29, 0.717) is 11.3 Å². The van der Waals surface area contributed by atoms with Gasteiger partial charge in [0, 0.05) is 16.6 Å². The highest BCUT2D eigenvalue weighted by Crippen LogP contribution is 2.14. The molecular weight excluding hydrogens is 330 g/mol. The number of benzene rings is 1. The molecular formula is C16H18BrN3O. The summed E-state index contributed by atoms with van der Waals surface area (Å²) in [5.74, 6) is 0.675. The molecule has 0 saturated carbocycles. The van der Waals surface area contributed by atoms with Gasteiger partial charge in [0.1, 0.15) is 5.82 Å². The Kier molecular flexibility index (Phi) is 5.75. The third-order valence-electron chi connectivity index (χ3n) is 2.94. The molecule has 2 rings (SSSR count). The second kappa shape index (κ2) is 7.78. The van der Waals surface area contributed by atoms with E-state index in [1.165, 1.54) is 0 Å². The van der Waals surface area contributed by atoms with Gasteiger partial charge < -0.3 is 10.6 Å². The summed E-state index contributed by atoms with van der Waals surface area (Å²) >= 11 is 3.35. The normalized spacial score (nSPS) is 10.2. The lowest BCUT2D eigenvalue weighted by atomic mass is 10.2. The van der Waals surface area contributed by atoms with Crippen molar-refractivity contribution in [2.75, 3.05) is 17.2 Å². The van der Waals surface area contributed by atoms with Gasteiger partial charge in [0.15, 0.2) is 0 Å². The van der Waals surface area contributed by atoms with E-state index in [1.54, 1.807) is 18.3 Å². The summed E-state index contributed by atoms with van der Waals surface area (Å²) in [7, 11) is 0. The minimum absolute atomic E-state index is 0.148. The predicted molar refractivity (Wildman–Crippen MR) is 89.7 cm³/mol. The van der Waals surface area contributed by atoms with Crippen molar-refractivity contribution in [3.63, 3.8) is 0 Å². The van der Waals surface area contributed by atoms with Crippen LogP contribution in [-0.2, 0) is 0 Å². The van der Waals surface area contributed by atoms with Crippen LogP contribution in [0.1, 0.15) is 30.1 Å². The topological polar surface area (TPSA) is 54.0 Å². The summed E-state index contributed by atoms with van der Waals surface area (Å²) in [6.45, 7) is 3.06. The van der Waals surface area contributed by atoms with E-state index in [9.17, 15) is 4.79 Å². The van der Waals surface area contributed by atoms with Crippen molar-refractivity contribution in [2.24, 2.45) is 0 Å². The number of carbonyl (C=O) groups excluding carboxylic acids is 1. The van der Waals surface area contributed by atoms with Gasteiger partial charge in [-0.15, -0.1) is 0 Å².